The largest absolute Gasteiger partial charge is 0.385 e. The number of hydrogen-bond donors (Lipinski definition) is 2. The van der Waals surface area contributed by atoms with E-state index in [9.17, 15) is 14.5 Å². The Morgan fingerprint density at radius 2 is 1.90 bits per heavy atom. The molecule has 0 heterocycles. The monoisotopic (exact) mass is 289 g/mol. The Morgan fingerprint density at radius 1 is 1.19 bits per heavy atom. The van der Waals surface area contributed by atoms with Gasteiger partial charge in [-0.15, -0.1) is 0 Å². The first-order valence-electron chi connectivity index (χ1n) is 6.56. The molecular formula is C15H16FN3O2. The fraction of sp³-hybridized carbons (Fsp3) is 0.200. The minimum Gasteiger partial charge on any atom is -0.385 e. The molecule has 110 valence electrons. The van der Waals surface area contributed by atoms with Crippen molar-refractivity contribution in [2.45, 2.75) is 13.8 Å². The second-order valence-corrected chi connectivity index (χ2v) is 4.64. The summed E-state index contributed by atoms with van der Waals surface area (Å²) in [5, 5.41) is 17.1. The molecule has 0 radical (unpaired) electrons. The molecule has 0 amide bonds. The van der Waals surface area contributed by atoms with Crippen LogP contribution in [0.25, 0.3) is 0 Å². The minimum absolute atomic E-state index is 0.00397. The van der Waals surface area contributed by atoms with E-state index in [1.54, 1.807) is 19.1 Å². The van der Waals surface area contributed by atoms with Crippen LogP contribution in [0.4, 0.5) is 27.1 Å². The van der Waals surface area contributed by atoms with Crippen molar-refractivity contribution < 1.29 is 9.31 Å². The summed E-state index contributed by atoms with van der Waals surface area (Å²) in [5.74, 6) is -0.314. The summed E-state index contributed by atoms with van der Waals surface area (Å²) in [6, 6.07) is 9.06. The summed E-state index contributed by atoms with van der Waals surface area (Å²) >= 11 is 0. The zero-order valence-electron chi connectivity index (χ0n) is 11.8. The quantitative estimate of drug-likeness (QED) is 0.639. The first-order valence-corrected chi connectivity index (χ1v) is 6.56. The first-order chi connectivity index (χ1) is 9.99. The third kappa shape index (κ3) is 3.68. The Bertz CT molecular complexity index is 674. The van der Waals surface area contributed by atoms with Crippen molar-refractivity contribution in [3.63, 3.8) is 0 Å². The highest BCUT2D eigenvalue weighted by Gasteiger charge is 2.10. The maximum atomic E-state index is 13.1. The van der Waals surface area contributed by atoms with Crippen LogP contribution < -0.4 is 10.6 Å². The lowest BCUT2D eigenvalue weighted by Crippen LogP contribution is -2.00. The molecule has 2 aromatic rings. The Kier molecular flexibility index (Phi) is 4.37. The molecule has 0 aliphatic carbocycles. The van der Waals surface area contributed by atoms with Crippen molar-refractivity contribution >= 4 is 22.7 Å². The lowest BCUT2D eigenvalue weighted by atomic mass is 10.1. The standard InChI is InChI=1S/C15H16FN3O2/c1-3-17-12-7-13(9-14(8-12)19(20)21)18-15-5-4-11(16)6-10(15)2/h4-9,17-18H,3H2,1-2H3. The van der Waals surface area contributed by atoms with Crippen molar-refractivity contribution in [2.24, 2.45) is 0 Å². The molecule has 0 bridgehead atoms. The van der Waals surface area contributed by atoms with Crippen molar-refractivity contribution in [3.05, 3.63) is 57.9 Å². The molecule has 2 rings (SSSR count). The number of nitrogens with one attached hydrogen (secondary N) is 2. The Labute approximate surface area is 122 Å². The van der Waals surface area contributed by atoms with Crippen LogP contribution >= 0.6 is 0 Å². The van der Waals surface area contributed by atoms with Gasteiger partial charge in [-0.05, 0) is 43.7 Å². The van der Waals surface area contributed by atoms with Gasteiger partial charge in [0.15, 0.2) is 0 Å². The van der Waals surface area contributed by atoms with Gasteiger partial charge in [0, 0.05) is 35.7 Å². The Balaban J connectivity index is 2.36. The van der Waals surface area contributed by atoms with Crippen LogP contribution in [0.2, 0.25) is 0 Å². The third-order valence-electron chi connectivity index (χ3n) is 2.98. The van der Waals surface area contributed by atoms with Gasteiger partial charge in [-0.1, -0.05) is 0 Å². The van der Waals surface area contributed by atoms with Gasteiger partial charge in [0.05, 0.1) is 4.92 Å². The van der Waals surface area contributed by atoms with E-state index in [-0.39, 0.29) is 11.5 Å². The Morgan fingerprint density at radius 3 is 2.52 bits per heavy atom. The summed E-state index contributed by atoms with van der Waals surface area (Å²) in [7, 11) is 0. The molecule has 2 N–H and O–H groups in total. The molecule has 0 saturated carbocycles. The van der Waals surface area contributed by atoms with E-state index >= 15 is 0 Å². The van der Waals surface area contributed by atoms with Gasteiger partial charge >= 0.3 is 0 Å². The Hall–Kier alpha value is -2.63. The third-order valence-corrected chi connectivity index (χ3v) is 2.98. The average molecular weight is 289 g/mol. The molecular weight excluding hydrogens is 273 g/mol. The van der Waals surface area contributed by atoms with E-state index < -0.39 is 4.92 Å². The van der Waals surface area contributed by atoms with Crippen molar-refractivity contribution in [1.29, 1.82) is 0 Å². The summed E-state index contributed by atoms with van der Waals surface area (Å²) in [4.78, 5) is 10.5. The van der Waals surface area contributed by atoms with Crippen LogP contribution in [-0.2, 0) is 0 Å². The first kappa shape index (κ1) is 14.8. The fourth-order valence-electron chi connectivity index (χ4n) is 2.02. The zero-order chi connectivity index (χ0) is 15.4. The number of non-ortho nitro benzene ring substituents is 1. The molecule has 0 saturated heterocycles. The van der Waals surface area contributed by atoms with Crippen molar-refractivity contribution in [3.8, 4) is 0 Å². The van der Waals surface area contributed by atoms with Crippen molar-refractivity contribution in [1.82, 2.24) is 0 Å². The van der Waals surface area contributed by atoms with Gasteiger partial charge in [0.1, 0.15) is 5.82 Å². The summed E-state index contributed by atoms with van der Waals surface area (Å²) < 4.78 is 13.1. The number of anilines is 3. The zero-order valence-corrected chi connectivity index (χ0v) is 11.8. The number of nitrogens with zero attached hydrogens (tertiary/aromatic N) is 1. The lowest BCUT2D eigenvalue weighted by Gasteiger charge is -2.11. The molecule has 2 aromatic carbocycles. The van der Waals surface area contributed by atoms with Crippen LogP contribution in [0.3, 0.4) is 0 Å². The highest BCUT2D eigenvalue weighted by atomic mass is 19.1. The average Bonchev–Trinajstić information content (AvgIpc) is 2.42. The smallest absolute Gasteiger partial charge is 0.273 e. The second kappa shape index (κ2) is 6.21. The number of nitro benzene ring substituents is 1. The molecule has 0 spiro atoms. The number of halogens is 1. The summed E-state index contributed by atoms with van der Waals surface area (Å²) in [5.41, 5.74) is 2.67. The van der Waals surface area contributed by atoms with Crippen LogP contribution in [0, 0.1) is 22.9 Å². The predicted octanol–water partition coefficient (Wildman–Crippen LogP) is 4.22. The van der Waals surface area contributed by atoms with Gasteiger partial charge in [-0.3, -0.25) is 10.1 Å². The maximum Gasteiger partial charge on any atom is 0.273 e. The number of aryl methyl sites for hydroxylation is 1. The van der Waals surface area contributed by atoms with Crippen LogP contribution in [0.1, 0.15) is 12.5 Å². The maximum absolute atomic E-state index is 13.1. The fourth-order valence-corrected chi connectivity index (χ4v) is 2.02. The van der Waals surface area contributed by atoms with E-state index in [2.05, 4.69) is 10.6 Å². The van der Waals surface area contributed by atoms with E-state index in [4.69, 9.17) is 0 Å². The highest BCUT2D eigenvalue weighted by Crippen LogP contribution is 2.28. The highest BCUT2D eigenvalue weighted by molar-refractivity contribution is 5.70. The van der Waals surface area contributed by atoms with E-state index in [0.717, 1.165) is 5.56 Å². The van der Waals surface area contributed by atoms with Gasteiger partial charge in [-0.25, -0.2) is 4.39 Å². The van der Waals surface area contributed by atoms with Gasteiger partial charge in [0.2, 0.25) is 0 Å². The van der Waals surface area contributed by atoms with Crippen LogP contribution in [0.5, 0.6) is 0 Å². The summed E-state index contributed by atoms with van der Waals surface area (Å²) in [6.45, 7) is 4.35. The lowest BCUT2D eigenvalue weighted by molar-refractivity contribution is -0.384. The normalized spacial score (nSPS) is 10.2. The van der Waals surface area contributed by atoms with E-state index in [1.807, 2.05) is 6.92 Å². The van der Waals surface area contributed by atoms with Gasteiger partial charge < -0.3 is 10.6 Å². The SMILES string of the molecule is CCNc1cc(Nc2ccc(F)cc2C)cc([N+](=O)[O-])c1. The predicted molar refractivity (Wildman–Crippen MR) is 81.7 cm³/mol. The molecule has 0 fully saturated rings. The summed E-state index contributed by atoms with van der Waals surface area (Å²) in [6.07, 6.45) is 0. The molecule has 0 aliphatic heterocycles. The topological polar surface area (TPSA) is 67.2 Å². The van der Waals surface area contributed by atoms with Crippen molar-refractivity contribution in [2.75, 3.05) is 17.2 Å². The molecule has 6 heteroatoms. The number of rotatable bonds is 5. The van der Waals surface area contributed by atoms with E-state index in [0.29, 0.717) is 23.6 Å². The molecule has 21 heavy (non-hydrogen) atoms. The molecule has 5 nitrogen and oxygen atoms in total. The number of benzene rings is 2. The van der Waals surface area contributed by atoms with Gasteiger partial charge in [-0.2, -0.15) is 0 Å². The van der Waals surface area contributed by atoms with Crippen LogP contribution in [-0.4, -0.2) is 11.5 Å². The van der Waals surface area contributed by atoms with E-state index in [1.165, 1.54) is 24.3 Å². The molecule has 0 unspecified atom stereocenters. The molecule has 0 aromatic heterocycles. The number of hydrogen-bond acceptors (Lipinski definition) is 4. The van der Waals surface area contributed by atoms with Gasteiger partial charge in [0.25, 0.3) is 5.69 Å². The minimum atomic E-state index is -0.441. The molecule has 0 atom stereocenters. The molecule has 0 aliphatic rings. The second-order valence-electron chi connectivity index (χ2n) is 4.64. The number of nitro groups is 1. The van der Waals surface area contributed by atoms with Crippen LogP contribution in [0.15, 0.2) is 36.4 Å².